The van der Waals surface area contributed by atoms with Crippen LogP contribution in [-0.4, -0.2) is 15.7 Å². The Hall–Kier alpha value is -2.27. The molecule has 0 aliphatic rings. The van der Waals surface area contributed by atoms with Crippen LogP contribution in [0.1, 0.15) is 0 Å². The summed E-state index contributed by atoms with van der Waals surface area (Å²) in [4.78, 5) is 12.4. The molecule has 0 unspecified atom stereocenters. The molecule has 0 aliphatic carbocycles. The molecular weight excluding hydrogens is 248 g/mol. The van der Waals surface area contributed by atoms with Gasteiger partial charge in [-0.05, 0) is 29.1 Å². The Bertz CT molecular complexity index is 729. The average molecular weight is 258 g/mol. The minimum absolute atomic E-state index is 0.138. The van der Waals surface area contributed by atoms with Gasteiger partial charge in [-0.3, -0.25) is 0 Å². The fourth-order valence-corrected chi connectivity index (χ4v) is 2.75. The van der Waals surface area contributed by atoms with Gasteiger partial charge in [-0.1, -0.05) is 12.1 Å². The largest absolute Gasteiger partial charge is 0.494 e. The lowest BCUT2D eigenvalue weighted by molar-refractivity contribution is 0.248. The summed E-state index contributed by atoms with van der Waals surface area (Å²) in [6.07, 6.45) is 0. The van der Waals surface area contributed by atoms with Gasteiger partial charge in [-0.15, -0.1) is 11.3 Å². The number of nitrogens with zero attached hydrogens (tertiary/aromatic N) is 1. The van der Waals surface area contributed by atoms with E-state index in [0.717, 1.165) is 20.4 Å². The van der Waals surface area contributed by atoms with Crippen molar-refractivity contribution in [2.45, 2.75) is 0 Å². The zero-order valence-corrected chi connectivity index (χ0v) is 10.1. The topological polar surface area (TPSA) is 68.2 Å². The van der Waals surface area contributed by atoms with Crippen LogP contribution in [0.3, 0.4) is 0 Å². The number of aromatic nitrogens is 1. The SMILES string of the molecule is NC(=O)n1c(O)cc2cc(-c3cccs3)ccc21. The van der Waals surface area contributed by atoms with Crippen LogP contribution in [0, 0.1) is 0 Å². The standard InChI is InChI=1S/C13H10N2O2S/c14-13(17)15-10-4-3-8(11-2-1-5-18-11)6-9(10)7-12(15)16/h1-7,16H,(H2,14,17). The highest BCUT2D eigenvalue weighted by Crippen LogP contribution is 2.31. The number of aromatic hydroxyl groups is 1. The molecule has 3 N–H and O–H groups in total. The predicted molar refractivity (Wildman–Crippen MR) is 71.9 cm³/mol. The van der Waals surface area contributed by atoms with E-state index in [4.69, 9.17) is 5.73 Å². The number of rotatable bonds is 1. The molecule has 5 heteroatoms. The first-order chi connectivity index (χ1) is 8.66. The number of thiophene rings is 1. The Kier molecular flexibility index (Phi) is 2.34. The van der Waals surface area contributed by atoms with Crippen LogP contribution in [0.25, 0.3) is 21.3 Å². The Labute approximate surface area is 107 Å². The second-order valence-corrected chi connectivity index (χ2v) is 4.87. The van der Waals surface area contributed by atoms with Gasteiger partial charge in [-0.2, -0.15) is 0 Å². The number of benzene rings is 1. The molecule has 2 heterocycles. The lowest BCUT2D eigenvalue weighted by Crippen LogP contribution is -2.18. The highest BCUT2D eigenvalue weighted by Gasteiger charge is 2.12. The molecule has 0 fully saturated rings. The summed E-state index contributed by atoms with van der Waals surface area (Å²) in [6, 6.07) is 10.5. The molecule has 1 amide bonds. The van der Waals surface area contributed by atoms with Crippen LogP contribution in [0.5, 0.6) is 5.88 Å². The maximum absolute atomic E-state index is 11.2. The molecule has 0 saturated heterocycles. The highest BCUT2D eigenvalue weighted by atomic mass is 32.1. The molecule has 0 atom stereocenters. The van der Waals surface area contributed by atoms with Crippen molar-refractivity contribution >= 4 is 28.3 Å². The Balaban J connectivity index is 2.23. The number of primary amides is 1. The summed E-state index contributed by atoms with van der Waals surface area (Å²) >= 11 is 1.64. The molecule has 1 aromatic carbocycles. The number of nitrogens with two attached hydrogens (primary N) is 1. The molecule has 0 spiro atoms. The highest BCUT2D eigenvalue weighted by molar-refractivity contribution is 7.13. The maximum Gasteiger partial charge on any atom is 0.326 e. The average Bonchev–Trinajstić information content (AvgIpc) is 2.92. The third-order valence-electron chi connectivity index (χ3n) is 2.81. The van der Waals surface area contributed by atoms with Crippen molar-refractivity contribution in [1.29, 1.82) is 0 Å². The fraction of sp³-hybridized carbons (Fsp3) is 0. The maximum atomic E-state index is 11.2. The fourth-order valence-electron chi connectivity index (χ4n) is 2.03. The first-order valence-corrected chi connectivity index (χ1v) is 6.23. The van der Waals surface area contributed by atoms with E-state index in [1.165, 1.54) is 6.07 Å². The van der Waals surface area contributed by atoms with E-state index < -0.39 is 6.03 Å². The summed E-state index contributed by atoms with van der Waals surface area (Å²) in [5, 5.41) is 12.5. The van der Waals surface area contributed by atoms with Gasteiger partial charge in [0.15, 0.2) is 5.88 Å². The van der Waals surface area contributed by atoms with Crippen molar-refractivity contribution in [3.63, 3.8) is 0 Å². The van der Waals surface area contributed by atoms with Gasteiger partial charge in [0, 0.05) is 16.3 Å². The first-order valence-electron chi connectivity index (χ1n) is 5.35. The number of hydrogen-bond donors (Lipinski definition) is 2. The summed E-state index contributed by atoms with van der Waals surface area (Å²) in [5.74, 6) is -0.138. The van der Waals surface area contributed by atoms with Crippen LogP contribution >= 0.6 is 11.3 Å². The van der Waals surface area contributed by atoms with Crippen molar-refractivity contribution in [3.8, 4) is 16.3 Å². The zero-order chi connectivity index (χ0) is 12.7. The van der Waals surface area contributed by atoms with Crippen LogP contribution in [-0.2, 0) is 0 Å². The monoisotopic (exact) mass is 258 g/mol. The van der Waals surface area contributed by atoms with Crippen LogP contribution < -0.4 is 5.73 Å². The summed E-state index contributed by atoms with van der Waals surface area (Å²) in [5.41, 5.74) is 6.89. The first kappa shape index (κ1) is 10.9. The molecule has 3 rings (SSSR count). The minimum Gasteiger partial charge on any atom is -0.494 e. The van der Waals surface area contributed by atoms with Gasteiger partial charge in [0.05, 0.1) is 5.52 Å². The Morgan fingerprint density at radius 2 is 2.11 bits per heavy atom. The Morgan fingerprint density at radius 1 is 1.28 bits per heavy atom. The Morgan fingerprint density at radius 3 is 2.78 bits per heavy atom. The third-order valence-corrected chi connectivity index (χ3v) is 3.73. The van der Waals surface area contributed by atoms with Crippen LogP contribution in [0.4, 0.5) is 4.79 Å². The minimum atomic E-state index is -0.689. The number of carbonyl (C=O) groups is 1. The number of hydrogen-bond acceptors (Lipinski definition) is 3. The van der Waals surface area contributed by atoms with Gasteiger partial charge in [0.2, 0.25) is 0 Å². The lowest BCUT2D eigenvalue weighted by atomic mass is 10.1. The van der Waals surface area contributed by atoms with E-state index in [9.17, 15) is 9.90 Å². The summed E-state index contributed by atoms with van der Waals surface area (Å²) in [6.45, 7) is 0. The molecule has 2 aromatic heterocycles. The van der Waals surface area contributed by atoms with Crippen molar-refractivity contribution in [2.24, 2.45) is 5.73 Å². The summed E-state index contributed by atoms with van der Waals surface area (Å²) in [7, 11) is 0. The zero-order valence-electron chi connectivity index (χ0n) is 9.33. The van der Waals surface area contributed by atoms with Crippen molar-refractivity contribution in [3.05, 3.63) is 41.8 Å². The number of amides is 1. The van der Waals surface area contributed by atoms with Crippen molar-refractivity contribution in [1.82, 2.24) is 4.57 Å². The molecule has 3 aromatic rings. The lowest BCUT2D eigenvalue weighted by Gasteiger charge is -2.01. The van der Waals surface area contributed by atoms with E-state index >= 15 is 0 Å². The van der Waals surface area contributed by atoms with Crippen molar-refractivity contribution in [2.75, 3.05) is 0 Å². The second kappa shape index (κ2) is 3.89. The van der Waals surface area contributed by atoms with E-state index in [1.807, 2.05) is 29.6 Å². The molecule has 0 bridgehead atoms. The molecule has 0 radical (unpaired) electrons. The molecular formula is C13H10N2O2S. The van der Waals surface area contributed by atoms with Crippen LogP contribution in [0.2, 0.25) is 0 Å². The normalized spacial score (nSPS) is 10.9. The number of fused-ring (bicyclic) bond motifs is 1. The molecule has 90 valence electrons. The van der Waals surface area contributed by atoms with Gasteiger partial charge >= 0.3 is 6.03 Å². The van der Waals surface area contributed by atoms with Gasteiger partial charge in [-0.25, -0.2) is 9.36 Å². The third kappa shape index (κ3) is 1.56. The van der Waals surface area contributed by atoms with E-state index in [1.54, 1.807) is 17.4 Å². The van der Waals surface area contributed by atoms with E-state index in [2.05, 4.69) is 0 Å². The smallest absolute Gasteiger partial charge is 0.326 e. The predicted octanol–water partition coefficient (Wildman–Crippen LogP) is 3.00. The van der Waals surface area contributed by atoms with Crippen LogP contribution in [0.15, 0.2) is 41.8 Å². The van der Waals surface area contributed by atoms with E-state index in [-0.39, 0.29) is 5.88 Å². The van der Waals surface area contributed by atoms with E-state index in [0.29, 0.717) is 5.52 Å². The van der Waals surface area contributed by atoms with Gasteiger partial charge in [0.1, 0.15) is 0 Å². The van der Waals surface area contributed by atoms with Gasteiger partial charge < -0.3 is 10.8 Å². The second-order valence-electron chi connectivity index (χ2n) is 3.93. The molecule has 4 nitrogen and oxygen atoms in total. The molecule has 0 saturated carbocycles. The molecule has 0 aliphatic heterocycles. The summed E-state index contributed by atoms with van der Waals surface area (Å²) < 4.78 is 1.09. The number of carbonyl (C=O) groups excluding carboxylic acids is 1. The quantitative estimate of drug-likeness (QED) is 0.704. The van der Waals surface area contributed by atoms with Crippen molar-refractivity contribution < 1.29 is 9.90 Å². The van der Waals surface area contributed by atoms with Gasteiger partial charge in [0.25, 0.3) is 0 Å². The molecule has 18 heavy (non-hydrogen) atoms.